The van der Waals surface area contributed by atoms with Crippen LogP contribution in [0.3, 0.4) is 0 Å². The molecule has 0 spiro atoms. The zero-order chi connectivity index (χ0) is 44.4. The number of Topliss-reactive ketones (excluding diaryl/α,β-unsaturated/α-hetero) is 2. The molecule has 0 unspecified atom stereocenters. The summed E-state index contributed by atoms with van der Waals surface area (Å²) < 4.78 is 33.3. The standard InChI is InChI=1S/C44H66N4O12/c1-12-34-44(9)38(47(42(53)60-44)20-15-14-19-46-21-18-30-23-31(48(54)55)16-17-32(30)46)27(5)35(49)25(3)24-43(8,56-11)39(28(6)36(50)29(7)40(52)58-34)59-41-37(51)33(45(10)13-2)22-26(4)57-41/h16-18,21,23,25-29,33-34,37-39,41,51H,12-15,19-20,22,24H2,1-11H3/t25-,26-,27+,28+,29-,33+,34-,37-,38+,39-,41+,43-,44-/m1/s1. The molecule has 3 saturated heterocycles. The monoisotopic (exact) mass is 842 g/mol. The Hall–Kier alpha value is -3.96. The maximum atomic E-state index is 14.8. The molecular weight excluding hydrogens is 776 g/mol. The normalized spacial score (nSPS) is 36.0. The molecule has 13 atom stereocenters. The summed E-state index contributed by atoms with van der Waals surface area (Å²) in [5.41, 5.74) is -1.87. The SMILES string of the molecule is CC[C@H]1OC(=O)[C@H](C)C(=O)[C@H](C)[C@@H](O[C@@H]2O[C@H](C)C[C@H](N(C)CC)[C@H]2O)[C@](C)(OC)C[C@@H](C)C(=O)[C@H](C)[C@@H]2N(CCCCn3ccc4cc([N+](=O)[O-])ccc43)C(=O)O[C@@]21C. The fourth-order valence-corrected chi connectivity index (χ4v) is 9.93. The van der Waals surface area contributed by atoms with Gasteiger partial charge in [-0.2, -0.15) is 0 Å². The van der Waals surface area contributed by atoms with E-state index in [2.05, 4.69) is 0 Å². The van der Waals surface area contributed by atoms with Gasteiger partial charge in [-0.25, -0.2) is 4.79 Å². The Bertz CT molecular complexity index is 1890. The average molecular weight is 843 g/mol. The van der Waals surface area contributed by atoms with Crippen LogP contribution >= 0.6 is 0 Å². The van der Waals surface area contributed by atoms with Crippen molar-refractivity contribution < 1.29 is 52.9 Å². The maximum absolute atomic E-state index is 14.8. The van der Waals surface area contributed by atoms with Gasteiger partial charge >= 0.3 is 12.1 Å². The minimum absolute atomic E-state index is 0.0148. The van der Waals surface area contributed by atoms with Crippen molar-refractivity contribution >= 4 is 40.2 Å². The van der Waals surface area contributed by atoms with E-state index in [-0.39, 0.29) is 43.0 Å². The van der Waals surface area contributed by atoms with Gasteiger partial charge in [0.05, 0.1) is 28.8 Å². The number of aliphatic hydroxyl groups is 1. The molecule has 5 rings (SSSR count). The van der Waals surface area contributed by atoms with Crippen LogP contribution < -0.4 is 0 Å². The number of hydrogen-bond acceptors (Lipinski definition) is 13. The number of esters is 1. The maximum Gasteiger partial charge on any atom is 0.410 e. The van der Waals surface area contributed by atoms with E-state index in [1.807, 2.05) is 42.6 Å². The molecule has 0 bridgehead atoms. The third-order valence-electron chi connectivity index (χ3n) is 13.6. The summed E-state index contributed by atoms with van der Waals surface area (Å²) in [5.74, 6) is -5.13. The number of carbonyl (C=O) groups excluding carboxylic acids is 4. The summed E-state index contributed by atoms with van der Waals surface area (Å²) >= 11 is 0. The highest BCUT2D eigenvalue weighted by Crippen LogP contribution is 2.43. The second kappa shape index (κ2) is 19.0. The van der Waals surface area contributed by atoms with E-state index in [9.17, 15) is 34.4 Å². The van der Waals surface area contributed by atoms with Crippen molar-refractivity contribution in [2.75, 3.05) is 27.2 Å². The van der Waals surface area contributed by atoms with Crippen LogP contribution in [0.4, 0.5) is 10.5 Å². The van der Waals surface area contributed by atoms with Crippen molar-refractivity contribution in [3.63, 3.8) is 0 Å². The average Bonchev–Trinajstić information content (AvgIpc) is 3.75. The molecular formula is C44H66N4O12. The fourth-order valence-electron chi connectivity index (χ4n) is 9.93. The van der Waals surface area contributed by atoms with Gasteiger partial charge in [-0.15, -0.1) is 0 Å². The Morgan fingerprint density at radius 1 is 1.00 bits per heavy atom. The van der Waals surface area contributed by atoms with E-state index >= 15 is 0 Å². The van der Waals surface area contributed by atoms with E-state index in [0.717, 1.165) is 10.9 Å². The molecule has 0 aliphatic carbocycles. The Labute approximate surface area is 353 Å². The van der Waals surface area contributed by atoms with Crippen LogP contribution in [0.5, 0.6) is 0 Å². The van der Waals surface area contributed by atoms with E-state index in [1.165, 1.54) is 26.2 Å². The number of aromatic nitrogens is 1. The van der Waals surface area contributed by atoms with Crippen molar-refractivity contribution in [1.82, 2.24) is 14.4 Å². The van der Waals surface area contributed by atoms with E-state index in [4.69, 9.17) is 23.7 Å². The highest BCUT2D eigenvalue weighted by Gasteiger charge is 2.60. The van der Waals surface area contributed by atoms with Gasteiger partial charge in [0.2, 0.25) is 0 Å². The number of benzene rings is 1. The number of non-ortho nitro benzene ring substituents is 1. The minimum atomic E-state index is -1.44. The number of carbonyl (C=O) groups is 4. The number of methoxy groups -OCH3 is 1. The number of nitrogens with zero attached hydrogens (tertiary/aromatic N) is 4. The molecule has 0 saturated carbocycles. The van der Waals surface area contributed by atoms with Gasteiger partial charge in [0.15, 0.2) is 17.7 Å². The van der Waals surface area contributed by atoms with Crippen molar-refractivity contribution in [3.05, 3.63) is 40.6 Å². The molecule has 4 heterocycles. The zero-order valence-corrected chi connectivity index (χ0v) is 37.1. The first-order valence-corrected chi connectivity index (χ1v) is 21.5. The number of amides is 1. The number of unbranched alkanes of at least 4 members (excludes halogenated alkanes) is 1. The zero-order valence-electron chi connectivity index (χ0n) is 37.1. The quantitative estimate of drug-likeness (QED) is 0.0872. The molecule has 2 aromatic rings. The molecule has 1 aromatic carbocycles. The van der Waals surface area contributed by atoms with Crippen LogP contribution in [-0.4, -0.2) is 129 Å². The highest BCUT2D eigenvalue weighted by atomic mass is 16.7. The summed E-state index contributed by atoms with van der Waals surface area (Å²) in [6.07, 6.45) is -1.20. The van der Waals surface area contributed by atoms with Gasteiger partial charge in [-0.1, -0.05) is 34.6 Å². The molecule has 3 aliphatic rings. The van der Waals surface area contributed by atoms with Crippen LogP contribution in [0.2, 0.25) is 0 Å². The number of nitro benzene ring substituents is 1. The lowest BCUT2D eigenvalue weighted by Gasteiger charge is -2.47. The van der Waals surface area contributed by atoms with E-state index in [0.29, 0.717) is 32.4 Å². The molecule has 1 aromatic heterocycles. The summed E-state index contributed by atoms with van der Waals surface area (Å²) in [6, 6.07) is 5.44. The largest absolute Gasteiger partial charge is 0.458 e. The van der Waals surface area contributed by atoms with E-state index in [1.54, 1.807) is 52.5 Å². The number of ether oxygens (including phenoxy) is 5. The van der Waals surface area contributed by atoms with Crippen molar-refractivity contribution in [2.24, 2.45) is 23.7 Å². The van der Waals surface area contributed by atoms with Gasteiger partial charge < -0.3 is 43.2 Å². The molecule has 1 N–H and O–H groups in total. The van der Waals surface area contributed by atoms with Crippen LogP contribution in [0.15, 0.2) is 30.5 Å². The smallest absolute Gasteiger partial charge is 0.410 e. The first-order valence-electron chi connectivity index (χ1n) is 21.5. The lowest BCUT2D eigenvalue weighted by atomic mass is 9.73. The molecule has 3 aliphatic heterocycles. The van der Waals surface area contributed by atoms with E-state index < -0.39 is 88.3 Å². The second-order valence-electron chi connectivity index (χ2n) is 17.7. The van der Waals surface area contributed by atoms with Gasteiger partial charge in [0.1, 0.15) is 23.9 Å². The highest BCUT2D eigenvalue weighted by molar-refractivity contribution is 6.00. The Morgan fingerprint density at radius 2 is 1.68 bits per heavy atom. The van der Waals surface area contributed by atoms with Crippen molar-refractivity contribution in [1.29, 1.82) is 0 Å². The molecule has 3 fully saturated rings. The Kier molecular flexibility index (Phi) is 14.9. The molecule has 16 heteroatoms. The number of fused-ring (bicyclic) bond motifs is 2. The van der Waals surface area contributed by atoms with Crippen LogP contribution in [-0.2, 0) is 44.6 Å². The van der Waals surface area contributed by atoms with Crippen LogP contribution in [0.25, 0.3) is 10.9 Å². The first kappa shape index (κ1) is 47.1. The first-order chi connectivity index (χ1) is 28.2. The van der Waals surface area contributed by atoms with Crippen LogP contribution in [0.1, 0.15) is 94.4 Å². The number of cyclic esters (lactones) is 1. The van der Waals surface area contributed by atoms with Crippen molar-refractivity contribution in [3.8, 4) is 0 Å². The van der Waals surface area contributed by atoms with Gasteiger partial charge in [0.25, 0.3) is 5.69 Å². The van der Waals surface area contributed by atoms with Crippen molar-refractivity contribution in [2.45, 2.75) is 155 Å². The minimum Gasteiger partial charge on any atom is -0.458 e. The Balaban J connectivity index is 1.45. The van der Waals surface area contributed by atoms with Crippen LogP contribution in [0, 0.1) is 33.8 Å². The number of nitro groups is 1. The fraction of sp³-hybridized carbons (Fsp3) is 0.727. The van der Waals surface area contributed by atoms with Gasteiger partial charge in [-0.3, -0.25) is 24.5 Å². The summed E-state index contributed by atoms with van der Waals surface area (Å²) in [6.45, 7) is 17.4. The number of likely N-dealkylation sites (N-methyl/N-ethyl adjacent to an activating group) is 1. The summed E-state index contributed by atoms with van der Waals surface area (Å²) in [5, 5.41) is 23.6. The molecule has 16 nitrogen and oxygen atoms in total. The summed E-state index contributed by atoms with van der Waals surface area (Å²) in [4.78, 5) is 71.5. The third-order valence-corrected chi connectivity index (χ3v) is 13.6. The topological polar surface area (TPSA) is 189 Å². The molecule has 0 radical (unpaired) electrons. The van der Waals surface area contributed by atoms with Gasteiger partial charge in [0, 0.05) is 73.2 Å². The lowest BCUT2D eigenvalue weighted by Crippen LogP contribution is -2.60. The number of aryl methyl sites for hydroxylation is 1. The molecule has 1 amide bonds. The Morgan fingerprint density at radius 3 is 2.32 bits per heavy atom. The third kappa shape index (κ3) is 9.27. The molecule has 334 valence electrons. The number of hydrogen-bond donors (Lipinski definition) is 1. The summed E-state index contributed by atoms with van der Waals surface area (Å²) in [7, 11) is 3.40. The predicted molar refractivity (Wildman–Crippen MR) is 222 cm³/mol. The number of ketones is 2. The molecule has 60 heavy (non-hydrogen) atoms. The van der Waals surface area contributed by atoms with Gasteiger partial charge in [-0.05, 0) is 85.5 Å². The number of aliphatic hydroxyl groups excluding tert-OH is 1. The number of rotatable bonds is 12. The predicted octanol–water partition coefficient (Wildman–Crippen LogP) is 5.92. The lowest BCUT2D eigenvalue weighted by molar-refractivity contribution is -0.384. The second-order valence-corrected chi connectivity index (χ2v) is 17.7.